The van der Waals surface area contributed by atoms with Gasteiger partial charge in [0.25, 0.3) is 0 Å². The number of hydrogen-bond donors (Lipinski definition) is 2. The maximum atomic E-state index is 12.4. The van der Waals surface area contributed by atoms with E-state index in [1.165, 1.54) is 0 Å². The van der Waals surface area contributed by atoms with Gasteiger partial charge < -0.3 is 10.6 Å². The van der Waals surface area contributed by atoms with Gasteiger partial charge in [-0.2, -0.15) is 13.2 Å². The third-order valence-electron chi connectivity index (χ3n) is 2.89. The van der Waals surface area contributed by atoms with Crippen LogP contribution in [-0.4, -0.2) is 25.7 Å². The molecule has 5 heteroatoms. The first-order chi connectivity index (χ1) is 8.93. The smallest absolute Gasteiger partial charge is 0.315 e. The van der Waals surface area contributed by atoms with Gasteiger partial charge in [-0.25, -0.2) is 0 Å². The fraction of sp³-hybridized carbons (Fsp3) is 0.571. The van der Waals surface area contributed by atoms with E-state index in [9.17, 15) is 13.2 Å². The molecule has 19 heavy (non-hydrogen) atoms. The van der Waals surface area contributed by atoms with E-state index in [4.69, 9.17) is 0 Å². The van der Waals surface area contributed by atoms with Crippen molar-refractivity contribution in [2.75, 3.05) is 19.6 Å². The van der Waals surface area contributed by atoms with Crippen LogP contribution in [0.15, 0.2) is 24.3 Å². The van der Waals surface area contributed by atoms with Crippen molar-refractivity contribution >= 4 is 0 Å². The lowest BCUT2D eigenvalue weighted by molar-refractivity contribution is -0.137. The van der Waals surface area contributed by atoms with Crippen LogP contribution in [0.4, 0.5) is 13.2 Å². The Kier molecular flexibility index (Phi) is 6.31. The standard InChI is InChI=1S/C14H21F3N2/c1-3-18-10-11(2)19-9-8-12-4-6-13(7-5-12)14(15,16)17/h4-7,11,18-19H,3,8-10H2,1-2H3. The predicted molar refractivity (Wildman–Crippen MR) is 71.2 cm³/mol. The molecule has 0 aliphatic rings. The molecule has 1 aromatic rings. The minimum atomic E-state index is -4.25. The number of benzene rings is 1. The van der Waals surface area contributed by atoms with Crippen molar-refractivity contribution in [1.82, 2.24) is 10.6 Å². The molecule has 108 valence electrons. The van der Waals surface area contributed by atoms with Crippen LogP contribution in [0.2, 0.25) is 0 Å². The fourth-order valence-electron chi connectivity index (χ4n) is 1.76. The highest BCUT2D eigenvalue weighted by molar-refractivity contribution is 5.24. The molecule has 1 atom stereocenters. The Hall–Kier alpha value is -1.07. The maximum absolute atomic E-state index is 12.4. The van der Waals surface area contributed by atoms with Crippen LogP contribution >= 0.6 is 0 Å². The van der Waals surface area contributed by atoms with E-state index in [-0.39, 0.29) is 0 Å². The van der Waals surface area contributed by atoms with Crippen LogP contribution in [0.1, 0.15) is 25.0 Å². The lowest BCUT2D eigenvalue weighted by atomic mass is 10.1. The maximum Gasteiger partial charge on any atom is 0.416 e. The summed E-state index contributed by atoms with van der Waals surface area (Å²) in [6, 6.07) is 5.71. The Morgan fingerprint density at radius 1 is 1.16 bits per heavy atom. The van der Waals surface area contributed by atoms with E-state index in [0.29, 0.717) is 6.04 Å². The molecule has 0 fully saturated rings. The summed E-state index contributed by atoms with van der Waals surface area (Å²) in [6.45, 7) is 6.72. The zero-order valence-electron chi connectivity index (χ0n) is 11.3. The lowest BCUT2D eigenvalue weighted by Gasteiger charge is -2.14. The Bertz CT molecular complexity index is 360. The van der Waals surface area contributed by atoms with Gasteiger partial charge in [-0.1, -0.05) is 19.1 Å². The van der Waals surface area contributed by atoms with Crippen molar-refractivity contribution in [3.63, 3.8) is 0 Å². The van der Waals surface area contributed by atoms with Gasteiger partial charge in [0.2, 0.25) is 0 Å². The monoisotopic (exact) mass is 274 g/mol. The van der Waals surface area contributed by atoms with Gasteiger partial charge in [0, 0.05) is 12.6 Å². The summed E-state index contributed by atoms with van der Waals surface area (Å²) in [5.41, 5.74) is 0.320. The van der Waals surface area contributed by atoms with Gasteiger partial charge >= 0.3 is 6.18 Å². The van der Waals surface area contributed by atoms with Gasteiger partial charge in [0.05, 0.1) is 5.56 Å². The fourth-order valence-corrected chi connectivity index (χ4v) is 1.76. The predicted octanol–water partition coefficient (Wildman–Crippen LogP) is 2.84. The SMILES string of the molecule is CCNCC(C)NCCc1ccc(C(F)(F)F)cc1. The van der Waals surface area contributed by atoms with Crippen LogP contribution in [0, 0.1) is 0 Å². The molecule has 1 aromatic carbocycles. The zero-order chi connectivity index (χ0) is 14.3. The lowest BCUT2D eigenvalue weighted by Crippen LogP contribution is -2.37. The first-order valence-corrected chi connectivity index (χ1v) is 6.53. The van der Waals surface area contributed by atoms with E-state index in [1.54, 1.807) is 12.1 Å². The van der Waals surface area contributed by atoms with Crippen LogP contribution in [0.5, 0.6) is 0 Å². The molecule has 0 radical (unpaired) electrons. The second-order valence-electron chi connectivity index (χ2n) is 4.61. The van der Waals surface area contributed by atoms with Crippen molar-refractivity contribution in [3.8, 4) is 0 Å². The topological polar surface area (TPSA) is 24.1 Å². The Balaban J connectivity index is 2.34. The van der Waals surface area contributed by atoms with E-state index >= 15 is 0 Å². The summed E-state index contributed by atoms with van der Waals surface area (Å²) in [6.07, 6.45) is -3.52. The number of likely N-dealkylation sites (N-methyl/N-ethyl adjacent to an activating group) is 1. The van der Waals surface area contributed by atoms with Crippen molar-refractivity contribution < 1.29 is 13.2 Å². The molecule has 0 saturated heterocycles. The summed E-state index contributed by atoms with van der Waals surface area (Å²) in [4.78, 5) is 0. The van der Waals surface area contributed by atoms with E-state index in [2.05, 4.69) is 24.5 Å². The van der Waals surface area contributed by atoms with Crippen LogP contribution in [-0.2, 0) is 12.6 Å². The quantitative estimate of drug-likeness (QED) is 0.799. The van der Waals surface area contributed by atoms with Gasteiger partial charge in [-0.15, -0.1) is 0 Å². The van der Waals surface area contributed by atoms with Gasteiger partial charge in [0.15, 0.2) is 0 Å². The zero-order valence-corrected chi connectivity index (χ0v) is 11.3. The molecule has 2 nitrogen and oxygen atoms in total. The molecule has 1 rings (SSSR count). The minimum Gasteiger partial charge on any atom is -0.315 e. The van der Waals surface area contributed by atoms with Crippen LogP contribution in [0.3, 0.4) is 0 Å². The van der Waals surface area contributed by atoms with Gasteiger partial charge in [0.1, 0.15) is 0 Å². The second kappa shape index (κ2) is 7.50. The summed E-state index contributed by atoms with van der Waals surface area (Å²) < 4.78 is 37.1. The Morgan fingerprint density at radius 2 is 1.79 bits per heavy atom. The number of rotatable bonds is 7. The molecule has 1 unspecified atom stereocenters. The first-order valence-electron chi connectivity index (χ1n) is 6.53. The van der Waals surface area contributed by atoms with Crippen LogP contribution in [0.25, 0.3) is 0 Å². The average Bonchev–Trinajstić information content (AvgIpc) is 2.36. The molecule has 0 spiro atoms. The van der Waals surface area contributed by atoms with Gasteiger partial charge in [-0.3, -0.25) is 0 Å². The normalized spacial score (nSPS) is 13.5. The molecule has 0 aromatic heterocycles. The van der Waals surface area contributed by atoms with Crippen molar-refractivity contribution in [1.29, 1.82) is 0 Å². The summed E-state index contributed by atoms with van der Waals surface area (Å²) >= 11 is 0. The first kappa shape index (κ1) is 16.0. The molecular weight excluding hydrogens is 253 g/mol. The number of hydrogen-bond acceptors (Lipinski definition) is 2. The average molecular weight is 274 g/mol. The van der Waals surface area contributed by atoms with E-state index < -0.39 is 11.7 Å². The molecule has 0 aliphatic carbocycles. The summed E-state index contributed by atoms with van der Waals surface area (Å²) in [7, 11) is 0. The third kappa shape index (κ3) is 6.07. The highest BCUT2D eigenvalue weighted by atomic mass is 19.4. The molecule has 2 N–H and O–H groups in total. The van der Waals surface area contributed by atoms with E-state index in [1.807, 2.05) is 0 Å². The van der Waals surface area contributed by atoms with Gasteiger partial charge in [-0.05, 0) is 44.1 Å². The summed E-state index contributed by atoms with van der Waals surface area (Å²) in [5, 5.41) is 6.56. The number of nitrogens with one attached hydrogen (secondary N) is 2. The number of halogens is 3. The second-order valence-corrected chi connectivity index (χ2v) is 4.61. The van der Waals surface area contributed by atoms with Crippen molar-refractivity contribution in [2.24, 2.45) is 0 Å². The number of alkyl halides is 3. The summed E-state index contributed by atoms with van der Waals surface area (Å²) in [5.74, 6) is 0. The van der Waals surface area contributed by atoms with Crippen molar-refractivity contribution in [3.05, 3.63) is 35.4 Å². The largest absolute Gasteiger partial charge is 0.416 e. The Labute approximate surface area is 112 Å². The Morgan fingerprint density at radius 3 is 2.32 bits per heavy atom. The highest BCUT2D eigenvalue weighted by Gasteiger charge is 2.29. The highest BCUT2D eigenvalue weighted by Crippen LogP contribution is 2.29. The molecular formula is C14H21F3N2. The minimum absolute atomic E-state index is 0.356. The third-order valence-corrected chi connectivity index (χ3v) is 2.89. The van der Waals surface area contributed by atoms with Crippen LogP contribution < -0.4 is 10.6 Å². The van der Waals surface area contributed by atoms with E-state index in [0.717, 1.165) is 43.8 Å². The molecule has 0 saturated carbocycles. The molecule has 0 aliphatic heterocycles. The molecule has 0 amide bonds. The molecule has 0 heterocycles. The van der Waals surface area contributed by atoms with Crippen molar-refractivity contribution in [2.45, 2.75) is 32.5 Å². The molecule has 0 bridgehead atoms.